The van der Waals surface area contributed by atoms with Crippen molar-refractivity contribution in [1.82, 2.24) is 9.97 Å². The third-order valence-electron chi connectivity index (χ3n) is 1.63. The lowest BCUT2D eigenvalue weighted by atomic mass is 10.4. The first-order valence-corrected chi connectivity index (χ1v) is 6.46. The van der Waals surface area contributed by atoms with E-state index in [0.717, 1.165) is 0 Å². The van der Waals surface area contributed by atoms with E-state index in [-0.39, 0.29) is 10.2 Å². The van der Waals surface area contributed by atoms with Crippen molar-refractivity contribution in [2.75, 3.05) is 11.4 Å². The van der Waals surface area contributed by atoms with Gasteiger partial charge in [-0.1, -0.05) is 0 Å². The number of hydrogen-bond donors (Lipinski definition) is 1. The van der Waals surface area contributed by atoms with Crippen molar-refractivity contribution in [3.63, 3.8) is 0 Å². The van der Waals surface area contributed by atoms with Gasteiger partial charge in [0.2, 0.25) is 5.88 Å². The van der Waals surface area contributed by atoms with Crippen molar-refractivity contribution >= 4 is 31.9 Å². The highest BCUT2D eigenvalue weighted by molar-refractivity contribution is 8.15. The predicted octanol–water partition coefficient (Wildman–Crippen LogP) is 0.162. The van der Waals surface area contributed by atoms with E-state index in [1.807, 2.05) is 0 Å². The quantitative estimate of drug-likeness (QED) is 0.789. The molecule has 0 atom stereocenters. The van der Waals surface area contributed by atoms with E-state index in [9.17, 15) is 13.2 Å². The summed E-state index contributed by atoms with van der Waals surface area (Å²) in [5.41, 5.74) is 5.29. The van der Waals surface area contributed by atoms with Gasteiger partial charge in [-0.3, -0.25) is 0 Å². The monoisotopic (exact) mass is 280 g/mol. The summed E-state index contributed by atoms with van der Waals surface area (Å²) in [6.07, 6.45) is 0. The highest BCUT2D eigenvalue weighted by Gasteiger charge is 2.28. The van der Waals surface area contributed by atoms with Gasteiger partial charge in [0, 0.05) is 22.4 Å². The highest BCUT2D eigenvalue weighted by Crippen LogP contribution is 2.19. The number of urea groups is 1. The van der Waals surface area contributed by atoms with Gasteiger partial charge >= 0.3 is 15.3 Å². The molecular formula is C7H9ClN4O4S. The molecule has 10 heteroatoms. The maximum atomic E-state index is 11.2. The van der Waals surface area contributed by atoms with Crippen LogP contribution in [0.4, 0.5) is 10.7 Å². The molecule has 0 aromatic carbocycles. The van der Waals surface area contributed by atoms with Gasteiger partial charge in [0.1, 0.15) is 0 Å². The zero-order chi connectivity index (χ0) is 13.2. The molecule has 0 saturated heterocycles. The van der Waals surface area contributed by atoms with Crippen LogP contribution in [0.15, 0.2) is 6.07 Å². The van der Waals surface area contributed by atoms with Crippen LogP contribution in [-0.2, 0) is 9.24 Å². The van der Waals surface area contributed by atoms with E-state index < -0.39 is 21.2 Å². The number of aryl methyl sites for hydroxylation is 1. The number of nitrogens with two attached hydrogens (primary N) is 1. The number of ether oxygens (including phenoxy) is 1. The van der Waals surface area contributed by atoms with E-state index in [1.165, 1.54) is 13.2 Å². The molecule has 94 valence electrons. The van der Waals surface area contributed by atoms with E-state index in [4.69, 9.17) is 21.2 Å². The normalized spacial score (nSPS) is 11.0. The van der Waals surface area contributed by atoms with Crippen molar-refractivity contribution in [2.45, 2.75) is 6.92 Å². The summed E-state index contributed by atoms with van der Waals surface area (Å²) < 4.78 is 27.2. The summed E-state index contributed by atoms with van der Waals surface area (Å²) in [5, 5.41) is 0. The van der Waals surface area contributed by atoms with Crippen molar-refractivity contribution in [3.8, 4) is 5.88 Å². The maximum absolute atomic E-state index is 11.2. The van der Waals surface area contributed by atoms with Crippen LogP contribution < -0.4 is 14.8 Å². The number of halogens is 1. The molecule has 0 unspecified atom stereocenters. The molecule has 1 aromatic heterocycles. The third kappa shape index (κ3) is 3.17. The third-order valence-corrected chi connectivity index (χ3v) is 2.82. The Bertz CT molecular complexity index is 547. The lowest BCUT2D eigenvalue weighted by Gasteiger charge is -2.14. The Kier molecular flexibility index (Phi) is 3.73. The van der Waals surface area contributed by atoms with Gasteiger partial charge in [-0.05, 0) is 6.92 Å². The molecule has 1 aromatic rings. The second-order valence-corrected chi connectivity index (χ2v) is 5.26. The van der Waals surface area contributed by atoms with Crippen molar-refractivity contribution < 1.29 is 17.9 Å². The Hall–Kier alpha value is -1.61. The minimum Gasteiger partial charge on any atom is -0.481 e. The number of hydrogen-bond acceptors (Lipinski definition) is 6. The Balaban J connectivity index is 3.39. The molecule has 17 heavy (non-hydrogen) atoms. The van der Waals surface area contributed by atoms with Crippen LogP contribution in [0, 0.1) is 6.92 Å². The van der Waals surface area contributed by atoms with E-state index >= 15 is 0 Å². The fourth-order valence-electron chi connectivity index (χ4n) is 1.02. The molecule has 0 aliphatic rings. The summed E-state index contributed by atoms with van der Waals surface area (Å²) >= 11 is 0. The fraction of sp³-hybridized carbons (Fsp3) is 0.286. The van der Waals surface area contributed by atoms with E-state index in [2.05, 4.69) is 9.97 Å². The largest absolute Gasteiger partial charge is 0.481 e. The van der Waals surface area contributed by atoms with Gasteiger partial charge in [-0.15, -0.1) is 4.31 Å². The number of rotatable bonds is 3. The van der Waals surface area contributed by atoms with Gasteiger partial charge in [0.15, 0.2) is 0 Å². The molecule has 1 rings (SSSR count). The molecule has 0 spiro atoms. The average molecular weight is 281 g/mol. The maximum Gasteiger partial charge on any atom is 0.336 e. The van der Waals surface area contributed by atoms with Crippen LogP contribution in [0.1, 0.15) is 5.69 Å². The topological polar surface area (TPSA) is 115 Å². The van der Waals surface area contributed by atoms with Crippen molar-refractivity contribution in [3.05, 3.63) is 11.8 Å². The average Bonchev–Trinajstić information content (AvgIpc) is 2.13. The highest BCUT2D eigenvalue weighted by atomic mass is 35.7. The van der Waals surface area contributed by atoms with Gasteiger partial charge in [0.05, 0.1) is 7.11 Å². The predicted molar refractivity (Wildman–Crippen MR) is 60.2 cm³/mol. The first-order valence-electron chi connectivity index (χ1n) is 4.19. The van der Waals surface area contributed by atoms with Crippen LogP contribution in [0.2, 0.25) is 0 Å². The summed E-state index contributed by atoms with van der Waals surface area (Å²) in [6, 6.07) is 0.136. The number of carbonyl (C=O) groups is 1. The van der Waals surface area contributed by atoms with Gasteiger partial charge in [-0.25, -0.2) is 9.78 Å². The molecular weight excluding hydrogens is 272 g/mol. The van der Waals surface area contributed by atoms with E-state index in [1.54, 1.807) is 6.92 Å². The first-order chi connectivity index (χ1) is 7.75. The van der Waals surface area contributed by atoms with Crippen molar-refractivity contribution in [1.29, 1.82) is 0 Å². The Morgan fingerprint density at radius 3 is 2.53 bits per heavy atom. The molecule has 0 radical (unpaired) electrons. The smallest absolute Gasteiger partial charge is 0.336 e. The molecule has 0 aliphatic heterocycles. The molecule has 2 N–H and O–H groups in total. The number of nitrogens with zero attached hydrogens (tertiary/aromatic N) is 3. The van der Waals surface area contributed by atoms with Crippen molar-refractivity contribution in [2.24, 2.45) is 5.73 Å². The lowest BCUT2D eigenvalue weighted by Crippen LogP contribution is -2.39. The van der Waals surface area contributed by atoms with Crippen LogP contribution in [0.3, 0.4) is 0 Å². The first kappa shape index (κ1) is 13.5. The van der Waals surface area contributed by atoms with Crippen LogP contribution in [-0.4, -0.2) is 31.5 Å². The number of anilines is 1. The number of primary amides is 1. The van der Waals surface area contributed by atoms with Gasteiger partial charge in [0.25, 0.3) is 5.95 Å². The van der Waals surface area contributed by atoms with Gasteiger partial charge in [-0.2, -0.15) is 13.4 Å². The molecule has 0 saturated carbocycles. The summed E-state index contributed by atoms with van der Waals surface area (Å²) in [5.74, 6) is -0.386. The number of methoxy groups -OCH3 is 1. The number of carbonyl (C=O) groups excluding carboxylic acids is 1. The second-order valence-electron chi connectivity index (χ2n) is 2.90. The fourth-order valence-corrected chi connectivity index (χ4v) is 1.90. The van der Waals surface area contributed by atoms with Crippen LogP contribution in [0.25, 0.3) is 0 Å². The minimum atomic E-state index is -4.41. The summed E-state index contributed by atoms with van der Waals surface area (Å²) in [7, 11) is 1.97. The molecule has 0 fully saturated rings. The minimum absolute atomic E-state index is 0.0735. The molecule has 0 aliphatic carbocycles. The molecule has 2 amide bonds. The van der Waals surface area contributed by atoms with Crippen LogP contribution in [0.5, 0.6) is 5.88 Å². The Morgan fingerprint density at radius 1 is 1.53 bits per heavy atom. The van der Waals surface area contributed by atoms with E-state index in [0.29, 0.717) is 5.69 Å². The summed E-state index contributed by atoms with van der Waals surface area (Å²) in [4.78, 5) is 18.4. The van der Waals surface area contributed by atoms with Gasteiger partial charge < -0.3 is 10.5 Å². The number of aromatic nitrogens is 2. The zero-order valence-corrected chi connectivity index (χ0v) is 10.5. The zero-order valence-electron chi connectivity index (χ0n) is 8.92. The summed E-state index contributed by atoms with van der Waals surface area (Å²) in [6.45, 7) is 1.56. The van der Waals surface area contributed by atoms with Crippen LogP contribution >= 0.6 is 10.7 Å². The number of amides is 2. The molecule has 0 bridgehead atoms. The molecule has 8 nitrogen and oxygen atoms in total. The Labute approximate surface area is 102 Å². The Morgan fingerprint density at radius 2 is 2.12 bits per heavy atom. The second kappa shape index (κ2) is 4.72. The standard InChI is InChI=1S/C7H9ClN4O4S/c1-4-3-5(16-2)11-7(10-4)12(6(9)13)17(8,14)15/h3H,1-2H3,(H2,9,13). The molecule has 1 heterocycles. The lowest BCUT2D eigenvalue weighted by molar-refractivity contribution is 0.256. The SMILES string of the molecule is COc1cc(C)nc(N(C(N)=O)S(=O)(=O)Cl)n1.